The van der Waals surface area contributed by atoms with Crippen LogP contribution in [0.4, 0.5) is 0 Å². The smallest absolute Gasteiger partial charge is 0.253 e. The molecule has 1 saturated heterocycles. The van der Waals surface area contributed by atoms with Crippen molar-refractivity contribution in [2.24, 2.45) is 0 Å². The quantitative estimate of drug-likeness (QED) is 0.887. The van der Waals surface area contributed by atoms with Gasteiger partial charge < -0.3 is 15.0 Å². The van der Waals surface area contributed by atoms with Gasteiger partial charge in [-0.15, -0.1) is 12.4 Å². The lowest BCUT2D eigenvalue weighted by atomic mass is 10.1. The summed E-state index contributed by atoms with van der Waals surface area (Å²) < 4.78 is 5.77. The molecular formula is C20H25ClN2O2. The number of piperidine rings is 1. The minimum atomic E-state index is 0. The molecule has 0 radical (unpaired) electrons. The fourth-order valence-electron chi connectivity index (χ4n) is 2.97. The van der Waals surface area contributed by atoms with Crippen molar-refractivity contribution in [3.8, 4) is 5.75 Å². The highest BCUT2D eigenvalue weighted by Crippen LogP contribution is 2.17. The predicted molar refractivity (Wildman–Crippen MR) is 102 cm³/mol. The fraction of sp³-hybridized carbons (Fsp3) is 0.350. The average molecular weight is 361 g/mol. The molecule has 134 valence electrons. The topological polar surface area (TPSA) is 41.6 Å². The number of likely N-dealkylation sites (N-methyl/N-ethyl adjacent to an activating group) is 1. The van der Waals surface area contributed by atoms with E-state index in [1.807, 2.05) is 66.5 Å². The lowest BCUT2D eigenvalue weighted by molar-refractivity contribution is 0.0708. The minimum absolute atomic E-state index is 0. The normalized spacial score (nSPS) is 16.6. The van der Waals surface area contributed by atoms with Gasteiger partial charge in [-0.3, -0.25) is 4.79 Å². The van der Waals surface area contributed by atoms with E-state index in [0.717, 1.165) is 37.2 Å². The van der Waals surface area contributed by atoms with Gasteiger partial charge in [0.1, 0.15) is 12.4 Å². The minimum Gasteiger partial charge on any atom is -0.489 e. The van der Waals surface area contributed by atoms with E-state index in [-0.39, 0.29) is 24.4 Å². The molecule has 0 aromatic heterocycles. The first kappa shape index (κ1) is 19.3. The summed E-state index contributed by atoms with van der Waals surface area (Å²) in [6.45, 7) is 2.45. The first-order valence-corrected chi connectivity index (χ1v) is 8.49. The van der Waals surface area contributed by atoms with Gasteiger partial charge in [0, 0.05) is 25.2 Å². The summed E-state index contributed by atoms with van der Waals surface area (Å²) in [6.07, 6.45) is 2.18. The van der Waals surface area contributed by atoms with Crippen LogP contribution in [0.2, 0.25) is 0 Å². The van der Waals surface area contributed by atoms with Crippen LogP contribution in [-0.4, -0.2) is 37.0 Å². The number of ether oxygens (including phenoxy) is 1. The molecule has 25 heavy (non-hydrogen) atoms. The van der Waals surface area contributed by atoms with E-state index in [2.05, 4.69) is 5.32 Å². The Hall–Kier alpha value is -2.04. The van der Waals surface area contributed by atoms with Gasteiger partial charge in [-0.1, -0.05) is 30.3 Å². The molecule has 1 fully saturated rings. The van der Waals surface area contributed by atoms with Gasteiger partial charge in [-0.05, 0) is 49.2 Å². The number of hydrogen-bond donors (Lipinski definition) is 1. The van der Waals surface area contributed by atoms with Crippen LogP contribution in [0.15, 0.2) is 54.6 Å². The summed E-state index contributed by atoms with van der Waals surface area (Å²) in [4.78, 5) is 14.4. The van der Waals surface area contributed by atoms with E-state index in [1.54, 1.807) is 0 Å². The molecular weight excluding hydrogens is 336 g/mol. The number of amides is 1. The van der Waals surface area contributed by atoms with Gasteiger partial charge in [-0.2, -0.15) is 0 Å². The molecule has 1 heterocycles. The molecule has 1 aliphatic rings. The molecule has 1 atom stereocenters. The van der Waals surface area contributed by atoms with E-state index in [4.69, 9.17) is 4.74 Å². The van der Waals surface area contributed by atoms with Gasteiger partial charge in [0.25, 0.3) is 5.91 Å². The molecule has 0 unspecified atom stereocenters. The van der Waals surface area contributed by atoms with Crippen LogP contribution in [0.25, 0.3) is 0 Å². The number of carbonyl (C=O) groups is 1. The lowest BCUT2D eigenvalue weighted by Gasteiger charge is -2.31. The first-order chi connectivity index (χ1) is 11.7. The van der Waals surface area contributed by atoms with Crippen LogP contribution in [0, 0.1) is 0 Å². The van der Waals surface area contributed by atoms with Crippen LogP contribution < -0.4 is 10.1 Å². The van der Waals surface area contributed by atoms with Crippen molar-refractivity contribution >= 4 is 18.3 Å². The highest BCUT2D eigenvalue weighted by atomic mass is 35.5. The van der Waals surface area contributed by atoms with Crippen molar-refractivity contribution in [1.82, 2.24) is 10.2 Å². The van der Waals surface area contributed by atoms with Crippen molar-refractivity contribution in [2.45, 2.75) is 25.5 Å². The van der Waals surface area contributed by atoms with Crippen molar-refractivity contribution in [3.63, 3.8) is 0 Å². The second-order valence-corrected chi connectivity index (χ2v) is 6.21. The molecule has 1 N–H and O–H groups in total. The molecule has 4 nitrogen and oxygen atoms in total. The van der Waals surface area contributed by atoms with Gasteiger partial charge in [0.2, 0.25) is 0 Å². The number of nitrogens with one attached hydrogen (secondary N) is 1. The van der Waals surface area contributed by atoms with Crippen molar-refractivity contribution in [1.29, 1.82) is 0 Å². The average Bonchev–Trinajstić information content (AvgIpc) is 2.67. The summed E-state index contributed by atoms with van der Waals surface area (Å²) >= 11 is 0. The summed E-state index contributed by atoms with van der Waals surface area (Å²) in [5.74, 6) is 0.843. The number of rotatable bonds is 5. The van der Waals surface area contributed by atoms with Crippen molar-refractivity contribution in [2.75, 3.05) is 20.1 Å². The second kappa shape index (κ2) is 9.44. The lowest BCUT2D eigenvalue weighted by Crippen LogP contribution is -2.46. The molecule has 2 aromatic rings. The molecule has 0 spiro atoms. The van der Waals surface area contributed by atoms with Gasteiger partial charge in [-0.25, -0.2) is 0 Å². The Labute approximate surface area is 155 Å². The molecule has 3 rings (SSSR count). The van der Waals surface area contributed by atoms with E-state index < -0.39 is 0 Å². The van der Waals surface area contributed by atoms with Crippen LogP contribution in [0.1, 0.15) is 28.8 Å². The van der Waals surface area contributed by atoms with E-state index in [0.29, 0.717) is 12.2 Å². The second-order valence-electron chi connectivity index (χ2n) is 6.21. The molecule has 0 saturated carbocycles. The van der Waals surface area contributed by atoms with Gasteiger partial charge in [0.05, 0.1) is 0 Å². The first-order valence-electron chi connectivity index (χ1n) is 8.49. The number of hydrogen-bond acceptors (Lipinski definition) is 3. The standard InChI is InChI=1S/C20H24N2O2.ClH/c1-22(18-8-5-13-21-14-18)20(23)17-9-11-19(12-10-17)24-15-16-6-3-2-4-7-16;/h2-4,6-7,9-12,18,21H,5,8,13-15H2,1H3;1H/t18-;/m0./s1. The molecule has 5 heteroatoms. The predicted octanol–water partition coefficient (Wildman–Crippen LogP) is 3.51. The van der Waals surface area contributed by atoms with Crippen LogP contribution >= 0.6 is 12.4 Å². The Morgan fingerprint density at radius 1 is 1.16 bits per heavy atom. The maximum Gasteiger partial charge on any atom is 0.253 e. The van der Waals surface area contributed by atoms with Gasteiger partial charge >= 0.3 is 0 Å². The molecule has 1 amide bonds. The van der Waals surface area contributed by atoms with Gasteiger partial charge in [0.15, 0.2) is 0 Å². The highest BCUT2D eigenvalue weighted by molar-refractivity contribution is 5.94. The Morgan fingerprint density at radius 2 is 1.88 bits per heavy atom. The zero-order chi connectivity index (χ0) is 16.8. The number of nitrogens with zero attached hydrogens (tertiary/aromatic N) is 1. The SMILES string of the molecule is CN(C(=O)c1ccc(OCc2ccccc2)cc1)[C@H]1CCCNC1.Cl. The zero-order valence-electron chi connectivity index (χ0n) is 14.5. The Kier molecular flexibility index (Phi) is 7.29. The maximum atomic E-state index is 12.6. The van der Waals surface area contributed by atoms with Crippen molar-refractivity contribution < 1.29 is 9.53 Å². The van der Waals surface area contributed by atoms with Crippen LogP contribution in [-0.2, 0) is 6.61 Å². The fourth-order valence-corrected chi connectivity index (χ4v) is 2.97. The number of halogens is 1. The Bertz CT molecular complexity index is 655. The Morgan fingerprint density at radius 3 is 2.52 bits per heavy atom. The van der Waals surface area contributed by atoms with E-state index in [1.165, 1.54) is 0 Å². The zero-order valence-corrected chi connectivity index (χ0v) is 15.3. The van der Waals surface area contributed by atoms with E-state index in [9.17, 15) is 4.79 Å². The van der Waals surface area contributed by atoms with Crippen LogP contribution in [0.3, 0.4) is 0 Å². The van der Waals surface area contributed by atoms with Crippen LogP contribution in [0.5, 0.6) is 5.75 Å². The molecule has 1 aliphatic heterocycles. The molecule has 0 bridgehead atoms. The Balaban J connectivity index is 0.00000225. The third-order valence-electron chi connectivity index (χ3n) is 4.49. The van der Waals surface area contributed by atoms with Crippen molar-refractivity contribution in [3.05, 3.63) is 65.7 Å². The summed E-state index contributed by atoms with van der Waals surface area (Å²) in [7, 11) is 1.89. The third-order valence-corrected chi connectivity index (χ3v) is 4.49. The molecule has 0 aliphatic carbocycles. The number of benzene rings is 2. The summed E-state index contributed by atoms with van der Waals surface area (Å²) in [5.41, 5.74) is 1.83. The highest BCUT2D eigenvalue weighted by Gasteiger charge is 2.22. The largest absolute Gasteiger partial charge is 0.489 e. The summed E-state index contributed by atoms with van der Waals surface area (Å²) in [5, 5.41) is 3.35. The van der Waals surface area contributed by atoms with E-state index >= 15 is 0 Å². The summed E-state index contributed by atoms with van der Waals surface area (Å²) in [6, 6.07) is 17.7. The molecule has 2 aromatic carbocycles. The third kappa shape index (κ3) is 5.21. The monoisotopic (exact) mass is 360 g/mol. The number of carbonyl (C=O) groups excluding carboxylic acids is 1. The maximum absolute atomic E-state index is 12.6.